The van der Waals surface area contributed by atoms with Gasteiger partial charge in [0.25, 0.3) is 0 Å². The van der Waals surface area contributed by atoms with Crippen molar-refractivity contribution in [2.75, 3.05) is 0 Å². The van der Waals surface area contributed by atoms with Crippen molar-refractivity contribution >= 4 is 5.91 Å². The monoisotopic (exact) mass is 300 g/mol. The van der Waals surface area contributed by atoms with E-state index in [0.717, 1.165) is 19.4 Å². The summed E-state index contributed by atoms with van der Waals surface area (Å²) < 4.78 is 0. The number of piperidine rings is 2. The van der Waals surface area contributed by atoms with E-state index >= 15 is 0 Å². The second kappa shape index (κ2) is 6.82. The maximum atomic E-state index is 11.7. The number of aryl methyl sites for hydroxylation is 1. The van der Waals surface area contributed by atoms with Crippen molar-refractivity contribution in [3.8, 4) is 0 Å². The van der Waals surface area contributed by atoms with E-state index in [-0.39, 0.29) is 5.91 Å². The van der Waals surface area contributed by atoms with Crippen LogP contribution in [0, 0.1) is 6.92 Å². The third-order valence-electron chi connectivity index (χ3n) is 5.30. The smallest absolute Gasteiger partial charge is 0.219 e. The van der Waals surface area contributed by atoms with E-state index in [9.17, 15) is 4.79 Å². The van der Waals surface area contributed by atoms with Gasteiger partial charge in [-0.1, -0.05) is 43.2 Å². The van der Waals surface area contributed by atoms with Gasteiger partial charge >= 0.3 is 0 Å². The molecule has 1 aromatic rings. The van der Waals surface area contributed by atoms with Crippen molar-refractivity contribution in [2.24, 2.45) is 0 Å². The van der Waals surface area contributed by atoms with Gasteiger partial charge in [0.2, 0.25) is 5.91 Å². The van der Waals surface area contributed by atoms with Crippen LogP contribution < -0.4 is 5.32 Å². The van der Waals surface area contributed by atoms with Gasteiger partial charge in [-0.05, 0) is 38.2 Å². The molecule has 0 aliphatic carbocycles. The van der Waals surface area contributed by atoms with Crippen LogP contribution in [0.4, 0.5) is 0 Å². The Morgan fingerprint density at radius 3 is 2.41 bits per heavy atom. The number of rotatable bonds is 4. The van der Waals surface area contributed by atoms with Gasteiger partial charge in [0.15, 0.2) is 0 Å². The zero-order valence-electron chi connectivity index (χ0n) is 13.8. The topological polar surface area (TPSA) is 32.3 Å². The van der Waals surface area contributed by atoms with Gasteiger partial charge < -0.3 is 5.32 Å². The van der Waals surface area contributed by atoms with E-state index in [0.29, 0.717) is 24.5 Å². The molecule has 0 aromatic heterocycles. The first-order valence-electron chi connectivity index (χ1n) is 8.76. The van der Waals surface area contributed by atoms with Crippen molar-refractivity contribution < 1.29 is 4.79 Å². The van der Waals surface area contributed by atoms with E-state index < -0.39 is 0 Å². The van der Waals surface area contributed by atoms with Gasteiger partial charge in [-0.15, -0.1) is 0 Å². The molecule has 3 nitrogen and oxygen atoms in total. The van der Waals surface area contributed by atoms with Crippen molar-refractivity contribution in [1.82, 2.24) is 10.2 Å². The summed E-state index contributed by atoms with van der Waals surface area (Å²) in [4.78, 5) is 14.4. The summed E-state index contributed by atoms with van der Waals surface area (Å²) in [6, 6.07) is 10.6. The Morgan fingerprint density at radius 2 is 1.82 bits per heavy atom. The van der Waals surface area contributed by atoms with Crippen molar-refractivity contribution in [1.29, 1.82) is 0 Å². The first-order chi connectivity index (χ1) is 10.7. The molecule has 2 fully saturated rings. The molecule has 2 aliphatic heterocycles. The number of benzene rings is 1. The molecule has 2 saturated heterocycles. The number of carbonyl (C=O) groups is 1. The van der Waals surface area contributed by atoms with Crippen LogP contribution in [0.3, 0.4) is 0 Å². The molecule has 0 saturated carbocycles. The number of amides is 1. The number of nitrogens with one attached hydrogen (secondary N) is 1. The summed E-state index contributed by atoms with van der Waals surface area (Å²) >= 11 is 0. The third-order valence-corrected chi connectivity index (χ3v) is 5.30. The lowest BCUT2D eigenvalue weighted by molar-refractivity contribution is -0.122. The predicted molar refractivity (Wildman–Crippen MR) is 89.6 cm³/mol. The molecule has 120 valence electrons. The van der Waals surface area contributed by atoms with Crippen LogP contribution in [0.25, 0.3) is 0 Å². The third kappa shape index (κ3) is 3.52. The fourth-order valence-corrected chi connectivity index (χ4v) is 4.09. The summed E-state index contributed by atoms with van der Waals surface area (Å²) in [5.74, 6) is 0.204. The summed E-state index contributed by atoms with van der Waals surface area (Å²) in [5.41, 5.74) is 2.74. The largest absolute Gasteiger partial charge is 0.353 e. The highest BCUT2D eigenvalue weighted by molar-refractivity contribution is 5.75. The van der Waals surface area contributed by atoms with E-state index in [1.165, 1.54) is 30.4 Å². The van der Waals surface area contributed by atoms with Gasteiger partial charge in [0.1, 0.15) is 0 Å². The average Bonchev–Trinajstić information content (AvgIpc) is 2.50. The van der Waals surface area contributed by atoms with Crippen molar-refractivity contribution in [3.63, 3.8) is 0 Å². The first-order valence-corrected chi connectivity index (χ1v) is 8.76. The molecule has 0 spiro atoms. The van der Waals surface area contributed by atoms with Gasteiger partial charge in [0, 0.05) is 31.1 Å². The molecular formula is C19H28N2O. The first kappa shape index (κ1) is 15.5. The maximum Gasteiger partial charge on any atom is 0.219 e. The minimum absolute atomic E-state index is 0.204. The standard InChI is InChI=1S/C19H28N2O/c1-3-19(22)20-16-11-17-5-4-6-18(12-16)21(17)13-15-9-7-14(2)8-10-15/h7-10,16-18H,3-6,11-13H2,1-2H3,(H,20,22)/t17-,18-/m1/s1. The summed E-state index contributed by atoms with van der Waals surface area (Å²) in [7, 11) is 0. The number of carbonyl (C=O) groups excluding carboxylic acids is 1. The number of hydrogen-bond acceptors (Lipinski definition) is 2. The molecule has 0 unspecified atom stereocenters. The van der Waals surface area contributed by atoms with Gasteiger partial charge in [-0.3, -0.25) is 9.69 Å². The summed E-state index contributed by atoms with van der Waals surface area (Å²) in [5, 5.41) is 3.22. The second-order valence-electron chi connectivity index (χ2n) is 6.99. The number of fused-ring (bicyclic) bond motifs is 2. The van der Waals surface area contributed by atoms with Gasteiger partial charge in [-0.2, -0.15) is 0 Å². The van der Waals surface area contributed by atoms with Crippen LogP contribution in [0.5, 0.6) is 0 Å². The zero-order valence-corrected chi connectivity index (χ0v) is 13.8. The molecule has 3 heteroatoms. The van der Waals surface area contributed by atoms with E-state index in [2.05, 4.69) is 41.4 Å². The Balaban J connectivity index is 1.66. The lowest BCUT2D eigenvalue weighted by Crippen LogP contribution is -2.56. The molecule has 2 heterocycles. The fraction of sp³-hybridized carbons (Fsp3) is 0.632. The van der Waals surface area contributed by atoms with Gasteiger partial charge in [0.05, 0.1) is 0 Å². The molecule has 22 heavy (non-hydrogen) atoms. The van der Waals surface area contributed by atoms with Crippen molar-refractivity contribution in [3.05, 3.63) is 35.4 Å². The van der Waals surface area contributed by atoms with Crippen LogP contribution in [0.1, 0.15) is 56.6 Å². The Morgan fingerprint density at radius 1 is 1.18 bits per heavy atom. The molecule has 1 aromatic carbocycles. The SMILES string of the molecule is CCC(=O)NC1C[C@H]2CCC[C@H](C1)N2Cc1ccc(C)cc1. The zero-order chi connectivity index (χ0) is 15.5. The summed E-state index contributed by atoms with van der Waals surface area (Å²) in [6.07, 6.45) is 6.73. The molecular weight excluding hydrogens is 272 g/mol. The van der Waals surface area contributed by atoms with E-state index in [1.807, 2.05) is 6.92 Å². The highest BCUT2D eigenvalue weighted by Crippen LogP contribution is 2.35. The van der Waals surface area contributed by atoms with Crippen molar-refractivity contribution in [2.45, 2.75) is 77.0 Å². The Kier molecular flexibility index (Phi) is 4.82. The molecule has 3 rings (SSSR count). The molecule has 2 bridgehead atoms. The molecule has 2 aliphatic rings. The minimum atomic E-state index is 0.204. The summed E-state index contributed by atoms with van der Waals surface area (Å²) in [6.45, 7) is 5.13. The van der Waals surface area contributed by atoms with Gasteiger partial charge in [-0.25, -0.2) is 0 Å². The lowest BCUT2D eigenvalue weighted by atomic mass is 9.81. The highest BCUT2D eigenvalue weighted by atomic mass is 16.1. The normalized spacial score (nSPS) is 28.4. The predicted octanol–water partition coefficient (Wildman–Crippen LogP) is 3.41. The minimum Gasteiger partial charge on any atom is -0.353 e. The average molecular weight is 300 g/mol. The van der Waals surface area contributed by atoms with E-state index in [4.69, 9.17) is 0 Å². The highest BCUT2D eigenvalue weighted by Gasteiger charge is 2.38. The van der Waals surface area contributed by atoms with Crippen LogP contribution in [0.2, 0.25) is 0 Å². The van der Waals surface area contributed by atoms with Crippen LogP contribution in [0.15, 0.2) is 24.3 Å². The lowest BCUT2D eigenvalue weighted by Gasteiger charge is -2.49. The maximum absolute atomic E-state index is 11.7. The Hall–Kier alpha value is -1.35. The van der Waals surface area contributed by atoms with E-state index in [1.54, 1.807) is 0 Å². The Bertz CT molecular complexity index is 497. The number of hydrogen-bond donors (Lipinski definition) is 1. The number of nitrogens with zero attached hydrogens (tertiary/aromatic N) is 1. The van der Waals surface area contributed by atoms with Crippen LogP contribution in [-0.2, 0) is 11.3 Å². The molecule has 1 amide bonds. The fourth-order valence-electron chi connectivity index (χ4n) is 4.09. The van der Waals surface area contributed by atoms with Crippen LogP contribution >= 0.6 is 0 Å². The molecule has 0 radical (unpaired) electrons. The van der Waals surface area contributed by atoms with Crippen LogP contribution in [-0.4, -0.2) is 28.9 Å². The molecule has 1 N–H and O–H groups in total. The quantitative estimate of drug-likeness (QED) is 0.924. The second-order valence-corrected chi connectivity index (χ2v) is 6.99. The Labute approximate surface area is 134 Å². The molecule has 2 atom stereocenters.